The summed E-state index contributed by atoms with van der Waals surface area (Å²) in [6, 6.07) is -3.00. The number of likely N-dealkylation sites (tertiary alicyclic amines) is 2. The van der Waals surface area contributed by atoms with Crippen molar-refractivity contribution in [1.29, 1.82) is 0 Å². The number of amides is 7. The van der Waals surface area contributed by atoms with Crippen LogP contribution in [0.3, 0.4) is 0 Å². The third-order valence-electron chi connectivity index (χ3n) is 12.4. The number of nitrogens with zero attached hydrogens (tertiary/aromatic N) is 2. The van der Waals surface area contributed by atoms with Gasteiger partial charge >= 0.3 is 6.03 Å². The minimum Gasteiger partial charge on any atom is -0.381 e. The maximum Gasteiger partial charge on any atom is 0.315 e. The number of fused-ring (bicyclic) bond motifs is 1. The van der Waals surface area contributed by atoms with Crippen LogP contribution in [0.25, 0.3) is 0 Å². The third kappa shape index (κ3) is 7.78. The van der Waals surface area contributed by atoms with Crippen LogP contribution in [-0.2, 0) is 24.0 Å². The Bertz CT molecular complexity index is 1440. The van der Waals surface area contributed by atoms with E-state index < -0.39 is 58.0 Å². The van der Waals surface area contributed by atoms with Crippen molar-refractivity contribution < 1.29 is 33.9 Å². The molecule has 13 heteroatoms. The summed E-state index contributed by atoms with van der Waals surface area (Å²) < 4.78 is 0. The van der Waals surface area contributed by atoms with Crippen molar-refractivity contribution in [3.63, 3.8) is 0 Å². The van der Waals surface area contributed by atoms with Crippen molar-refractivity contribution in [3.05, 3.63) is 0 Å². The molecule has 5 aliphatic rings. The van der Waals surface area contributed by atoms with E-state index in [1.54, 1.807) is 4.90 Å². The van der Waals surface area contributed by atoms with Gasteiger partial charge in [-0.3, -0.25) is 28.9 Å². The number of piperidine rings is 2. The highest BCUT2D eigenvalue weighted by molar-refractivity contribution is 5.99. The molecule has 13 nitrogen and oxygen atoms in total. The zero-order valence-corrected chi connectivity index (χ0v) is 32.6. The average Bonchev–Trinajstić information content (AvgIpc) is 3.94. The molecule has 3 saturated carbocycles. The highest BCUT2D eigenvalue weighted by Gasteiger charge is 2.71. The van der Waals surface area contributed by atoms with E-state index >= 15 is 0 Å². The first-order valence-corrected chi connectivity index (χ1v) is 18.8. The largest absolute Gasteiger partial charge is 0.381 e. The van der Waals surface area contributed by atoms with Gasteiger partial charge in [-0.05, 0) is 58.7 Å². The molecule has 5 rings (SSSR count). The van der Waals surface area contributed by atoms with Crippen LogP contribution in [0.2, 0.25) is 0 Å². The summed E-state index contributed by atoms with van der Waals surface area (Å²) in [5, 5.41) is 23.0. The number of nitrogens with one attached hydrogen (secondary N) is 4. The summed E-state index contributed by atoms with van der Waals surface area (Å²) in [4.78, 5) is 84.3. The van der Waals surface area contributed by atoms with Crippen molar-refractivity contribution in [1.82, 2.24) is 31.1 Å². The van der Waals surface area contributed by atoms with Crippen molar-refractivity contribution in [2.75, 3.05) is 13.1 Å². The van der Waals surface area contributed by atoms with E-state index in [9.17, 15) is 33.9 Å². The van der Waals surface area contributed by atoms with E-state index in [1.165, 1.54) is 4.90 Å². The molecule has 7 amide bonds. The Hall–Kier alpha value is -3.22. The number of aliphatic hydroxyl groups is 1. The van der Waals surface area contributed by atoms with Crippen molar-refractivity contribution in [3.8, 4) is 0 Å². The first kappa shape index (κ1) is 39.0. The fraction of sp³-hybridized carbons (Fsp3) is 0.842. The molecule has 0 spiro atoms. The molecule has 2 saturated heterocycles. The van der Waals surface area contributed by atoms with Gasteiger partial charge in [0, 0.05) is 32.0 Å². The smallest absolute Gasteiger partial charge is 0.315 e. The predicted molar refractivity (Wildman–Crippen MR) is 191 cm³/mol. The lowest BCUT2D eigenvalue weighted by Gasteiger charge is -2.41. The van der Waals surface area contributed by atoms with Gasteiger partial charge in [-0.15, -0.1) is 0 Å². The second kappa shape index (κ2) is 13.0. The van der Waals surface area contributed by atoms with Crippen LogP contribution in [0.1, 0.15) is 115 Å². The Morgan fingerprint density at radius 3 is 2.00 bits per heavy atom. The van der Waals surface area contributed by atoms with Crippen LogP contribution < -0.4 is 21.3 Å². The summed E-state index contributed by atoms with van der Waals surface area (Å²) in [6.45, 7) is 21.6. The van der Waals surface area contributed by atoms with E-state index in [-0.39, 0.29) is 72.2 Å². The first-order chi connectivity index (χ1) is 23.3. The monoisotopic (exact) mass is 714 g/mol. The minimum atomic E-state index is -1.40. The maximum atomic E-state index is 14.5. The van der Waals surface area contributed by atoms with Gasteiger partial charge in [-0.1, -0.05) is 82.6 Å². The Morgan fingerprint density at radius 2 is 1.51 bits per heavy atom. The zero-order valence-electron chi connectivity index (χ0n) is 32.6. The number of imide groups is 1. The fourth-order valence-corrected chi connectivity index (χ4v) is 8.55. The molecule has 3 unspecified atom stereocenters. The van der Waals surface area contributed by atoms with E-state index in [0.29, 0.717) is 19.4 Å². The van der Waals surface area contributed by atoms with Crippen LogP contribution in [0.15, 0.2) is 0 Å². The van der Waals surface area contributed by atoms with Crippen molar-refractivity contribution in [2.45, 2.75) is 150 Å². The molecule has 0 bridgehead atoms. The van der Waals surface area contributed by atoms with Gasteiger partial charge in [0.15, 0.2) is 6.10 Å². The van der Waals surface area contributed by atoms with Crippen molar-refractivity contribution >= 4 is 35.6 Å². The van der Waals surface area contributed by atoms with Gasteiger partial charge in [0.1, 0.15) is 12.1 Å². The zero-order chi connectivity index (χ0) is 38.2. The number of rotatable bonds is 11. The first-order valence-electron chi connectivity index (χ1n) is 18.8. The van der Waals surface area contributed by atoms with E-state index in [1.807, 2.05) is 62.3 Å². The molecule has 2 heterocycles. The number of hydrogen-bond donors (Lipinski definition) is 5. The topological polar surface area (TPSA) is 177 Å². The van der Waals surface area contributed by atoms with Gasteiger partial charge in [0.25, 0.3) is 5.91 Å². The van der Waals surface area contributed by atoms with Gasteiger partial charge < -0.3 is 31.3 Å². The van der Waals surface area contributed by atoms with Crippen LogP contribution in [0, 0.1) is 39.4 Å². The molecule has 0 aromatic heterocycles. The molecule has 8 atom stereocenters. The summed E-state index contributed by atoms with van der Waals surface area (Å²) >= 11 is 0. The quantitative estimate of drug-likeness (QED) is 0.204. The summed E-state index contributed by atoms with van der Waals surface area (Å²) in [6.07, 6.45) is 1.97. The second-order valence-corrected chi connectivity index (χ2v) is 19.7. The molecule has 0 aromatic carbocycles. The molecular weight excluding hydrogens is 652 g/mol. The van der Waals surface area contributed by atoms with Crippen LogP contribution in [-0.4, -0.2) is 99.4 Å². The number of urea groups is 1. The highest BCUT2D eigenvalue weighted by Crippen LogP contribution is 2.65. The highest BCUT2D eigenvalue weighted by atomic mass is 16.3. The Balaban J connectivity index is 1.32. The summed E-state index contributed by atoms with van der Waals surface area (Å²) in [5.41, 5.74) is -2.97. The standard InChI is InChI=1S/C38H62N6O7/c1-12-20-15-38(20,29(47)31(49)39-21-13-14-21)42-30(48)27-26-22(37(26,10)11)18-44(27)32(50)28(35(5,6)7)41-33(51)40-23(34(2,3)4)19-43-24(45)16-36(8,9)17-25(43)46/h20-23,26-29,47H,12-19H2,1-11H3,(H,39,49)(H,42,48)(H2,40,41,51)/t20-,22+,23-,26+,27?,28-,29?,38?/m1/s1. The third-order valence-corrected chi connectivity index (χ3v) is 12.4. The lowest BCUT2D eigenvalue weighted by Crippen LogP contribution is -2.63. The fourth-order valence-electron chi connectivity index (χ4n) is 8.55. The normalized spacial score (nSPS) is 31.2. The number of carbonyl (C=O) groups excluding carboxylic acids is 6. The summed E-state index contributed by atoms with van der Waals surface area (Å²) in [7, 11) is 0. The van der Waals surface area contributed by atoms with Gasteiger partial charge in [0.2, 0.25) is 23.6 Å². The predicted octanol–water partition coefficient (Wildman–Crippen LogP) is 2.70. The molecule has 0 aromatic rings. The van der Waals surface area contributed by atoms with Crippen LogP contribution in [0.5, 0.6) is 0 Å². The molecule has 3 aliphatic carbocycles. The molecule has 286 valence electrons. The number of hydrogen-bond acceptors (Lipinski definition) is 7. The molecule has 5 fully saturated rings. The van der Waals surface area contributed by atoms with E-state index in [4.69, 9.17) is 0 Å². The van der Waals surface area contributed by atoms with Gasteiger partial charge in [-0.25, -0.2) is 4.79 Å². The van der Waals surface area contributed by atoms with E-state index in [2.05, 4.69) is 35.1 Å². The van der Waals surface area contributed by atoms with E-state index in [0.717, 1.165) is 12.8 Å². The number of aliphatic hydroxyl groups excluding tert-OH is 1. The molecule has 51 heavy (non-hydrogen) atoms. The molecule has 2 aliphatic heterocycles. The lowest BCUT2D eigenvalue weighted by molar-refractivity contribution is -0.153. The lowest BCUT2D eigenvalue weighted by atomic mass is 9.80. The number of carbonyl (C=O) groups is 6. The van der Waals surface area contributed by atoms with Crippen LogP contribution in [0.4, 0.5) is 4.79 Å². The molecule has 0 radical (unpaired) electrons. The molecular formula is C38H62N6O7. The summed E-state index contributed by atoms with van der Waals surface area (Å²) in [5.74, 6) is -1.90. The van der Waals surface area contributed by atoms with Gasteiger partial charge in [-0.2, -0.15) is 0 Å². The van der Waals surface area contributed by atoms with Crippen molar-refractivity contribution in [2.24, 2.45) is 39.4 Å². The Kier molecular flexibility index (Phi) is 9.96. The minimum absolute atomic E-state index is 0.0106. The maximum absolute atomic E-state index is 14.5. The SMILES string of the molecule is CC[C@@H]1CC1(NC(=O)C1[C@@H]2[C@H](CN1C(=O)[C@@H](NC(=O)N[C@H](CN1C(=O)CC(C)(C)CC1=O)C(C)(C)C)C(C)(C)C)C2(C)C)C(O)C(=O)NC1CC1. The average molecular weight is 715 g/mol. The Labute approximate surface area is 303 Å². The van der Waals surface area contributed by atoms with Gasteiger partial charge in [0.05, 0.1) is 11.6 Å². The second-order valence-electron chi connectivity index (χ2n) is 19.7. The Morgan fingerprint density at radius 1 is 0.922 bits per heavy atom. The van der Waals surface area contributed by atoms with Crippen LogP contribution >= 0.6 is 0 Å². The molecule has 5 N–H and O–H groups in total.